The van der Waals surface area contributed by atoms with Gasteiger partial charge in [-0.1, -0.05) is 30.1 Å². The molecule has 1 aliphatic heterocycles. The minimum absolute atomic E-state index is 0.148. The molecule has 2 rings (SSSR count). The number of carboxylic acid groups (broad SMARTS) is 1. The molecular formula is C15H18Cl2N2O3. The Labute approximate surface area is 139 Å². The Morgan fingerprint density at radius 3 is 2.36 bits per heavy atom. The van der Waals surface area contributed by atoms with Crippen LogP contribution in [0.25, 0.3) is 0 Å². The molecule has 5 nitrogen and oxygen atoms in total. The first-order valence-corrected chi connectivity index (χ1v) is 7.90. The van der Waals surface area contributed by atoms with Crippen LogP contribution in [-0.2, 0) is 4.79 Å². The van der Waals surface area contributed by atoms with Crippen molar-refractivity contribution in [1.82, 2.24) is 9.80 Å². The van der Waals surface area contributed by atoms with E-state index in [0.717, 1.165) is 0 Å². The SMILES string of the molecule is CCC(C(=O)O)N1CCN(C(=O)c2ccc(Cl)cc2Cl)CC1. The van der Waals surface area contributed by atoms with Crippen molar-refractivity contribution in [1.29, 1.82) is 0 Å². The van der Waals surface area contributed by atoms with Crippen molar-refractivity contribution in [3.63, 3.8) is 0 Å². The highest BCUT2D eigenvalue weighted by Crippen LogP contribution is 2.23. The fourth-order valence-corrected chi connectivity index (χ4v) is 3.15. The van der Waals surface area contributed by atoms with Crippen molar-refractivity contribution in [3.05, 3.63) is 33.8 Å². The molecule has 1 fully saturated rings. The lowest BCUT2D eigenvalue weighted by atomic mass is 10.1. The Morgan fingerprint density at radius 1 is 1.23 bits per heavy atom. The molecule has 1 saturated heterocycles. The van der Waals surface area contributed by atoms with Gasteiger partial charge in [-0.2, -0.15) is 0 Å². The third-order valence-electron chi connectivity index (χ3n) is 3.88. The number of hydrogen-bond acceptors (Lipinski definition) is 3. The first-order valence-electron chi connectivity index (χ1n) is 7.15. The maximum absolute atomic E-state index is 12.5. The lowest BCUT2D eigenvalue weighted by molar-refractivity contribution is -0.144. The van der Waals surface area contributed by atoms with Crippen molar-refractivity contribution >= 4 is 35.1 Å². The topological polar surface area (TPSA) is 60.9 Å². The normalized spacial score (nSPS) is 17.3. The van der Waals surface area contributed by atoms with Gasteiger partial charge in [-0.05, 0) is 24.6 Å². The first-order chi connectivity index (χ1) is 10.4. The second-order valence-corrected chi connectivity index (χ2v) is 6.06. The monoisotopic (exact) mass is 344 g/mol. The van der Waals surface area contributed by atoms with Crippen LogP contribution in [0.3, 0.4) is 0 Å². The molecule has 0 bridgehead atoms. The van der Waals surface area contributed by atoms with Crippen LogP contribution >= 0.6 is 23.2 Å². The number of rotatable bonds is 4. The highest BCUT2D eigenvalue weighted by atomic mass is 35.5. The standard InChI is InChI=1S/C15H18Cl2N2O3/c1-2-13(15(21)22)18-5-7-19(8-6-18)14(20)11-4-3-10(16)9-12(11)17/h3-4,9,13H,2,5-8H2,1H3,(H,21,22). The van der Waals surface area contributed by atoms with E-state index in [1.165, 1.54) is 0 Å². The smallest absolute Gasteiger partial charge is 0.320 e. The number of aliphatic carboxylic acids is 1. The van der Waals surface area contributed by atoms with E-state index >= 15 is 0 Å². The van der Waals surface area contributed by atoms with E-state index in [0.29, 0.717) is 48.2 Å². The summed E-state index contributed by atoms with van der Waals surface area (Å²) < 4.78 is 0. The van der Waals surface area contributed by atoms with Crippen LogP contribution in [0.2, 0.25) is 10.0 Å². The number of nitrogens with zero attached hydrogens (tertiary/aromatic N) is 2. The highest BCUT2D eigenvalue weighted by molar-refractivity contribution is 6.36. The average Bonchev–Trinajstić information content (AvgIpc) is 2.47. The second kappa shape index (κ2) is 7.31. The molecule has 0 saturated carbocycles. The van der Waals surface area contributed by atoms with Gasteiger partial charge in [0.1, 0.15) is 6.04 Å². The maximum atomic E-state index is 12.5. The zero-order chi connectivity index (χ0) is 16.3. The predicted molar refractivity (Wildman–Crippen MR) is 85.7 cm³/mol. The number of piperazine rings is 1. The van der Waals surface area contributed by atoms with Crippen LogP contribution in [0.15, 0.2) is 18.2 Å². The summed E-state index contributed by atoms with van der Waals surface area (Å²) in [5.74, 6) is -0.965. The third kappa shape index (κ3) is 3.72. The Bertz CT molecular complexity index is 572. The van der Waals surface area contributed by atoms with E-state index < -0.39 is 12.0 Å². The quantitative estimate of drug-likeness (QED) is 0.911. The lowest BCUT2D eigenvalue weighted by Gasteiger charge is -2.37. The van der Waals surface area contributed by atoms with E-state index in [9.17, 15) is 14.7 Å². The number of hydrogen-bond donors (Lipinski definition) is 1. The molecule has 0 spiro atoms. The lowest BCUT2D eigenvalue weighted by Crippen LogP contribution is -2.53. The molecule has 0 radical (unpaired) electrons. The zero-order valence-corrected chi connectivity index (χ0v) is 13.8. The average molecular weight is 345 g/mol. The van der Waals surface area contributed by atoms with E-state index in [2.05, 4.69) is 0 Å². The van der Waals surface area contributed by atoms with Crippen molar-refractivity contribution in [2.24, 2.45) is 0 Å². The number of benzene rings is 1. The Hall–Kier alpha value is -1.30. The van der Waals surface area contributed by atoms with Gasteiger partial charge in [0, 0.05) is 31.2 Å². The van der Waals surface area contributed by atoms with Gasteiger partial charge in [-0.15, -0.1) is 0 Å². The van der Waals surface area contributed by atoms with Crippen LogP contribution in [0.4, 0.5) is 0 Å². The molecule has 22 heavy (non-hydrogen) atoms. The van der Waals surface area contributed by atoms with E-state index in [-0.39, 0.29) is 5.91 Å². The Balaban J connectivity index is 2.02. The number of amides is 1. The molecule has 1 heterocycles. The minimum atomic E-state index is -0.817. The number of halogens is 2. The molecule has 1 aromatic carbocycles. The molecule has 1 aliphatic rings. The maximum Gasteiger partial charge on any atom is 0.320 e. The second-order valence-electron chi connectivity index (χ2n) is 5.21. The summed E-state index contributed by atoms with van der Waals surface area (Å²) in [5, 5.41) is 10.0. The Kier molecular flexibility index (Phi) is 5.67. The molecular weight excluding hydrogens is 327 g/mol. The summed E-state index contributed by atoms with van der Waals surface area (Å²) in [6.45, 7) is 3.91. The van der Waals surface area contributed by atoms with Crippen molar-refractivity contribution < 1.29 is 14.7 Å². The van der Waals surface area contributed by atoms with E-state index in [1.54, 1.807) is 23.1 Å². The van der Waals surface area contributed by atoms with E-state index in [1.807, 2.05) is 11.8 Å². The molecule has 120 valence electrons. The van der Waals surface area contributed by atoms with Crippen LogP contribution in [0.1, 0.15) is 23.7 Å². The molecule has 0 aromatic heterocycles. The molecule has 7 heteroatoms. The summed E-state index contributed by atoms with van der Waals surface area (Å²) in [6, 6.07) is 4.31. The van der Waals surface area contributed by atoms with Gasteiger partial charge in [0.15, 0.2) is 0 Å². The summed E-state index contributed by atoms with van der Waals surface area (Å²) in [5.41, 5.74) is 0.421. The summed E-state index contributed by atoms with van der Waals surface area (Å²) >= 11 is 11.9. The molecule has 1 aromatic rings. The molecule has 1 N–H and O–H groups in total. The molecule has 0 aliphatic carbocycles. The largest absolute Gasteiger partial charge is 0.480 e. The minimum Gasteiger partial charge on any atom is -0.480 e. The number of carboxylic acids is 1. The summed E-state index contributed by atoms with van der Waals surface area (Å²) in [7, 11) is 0. The number of carbonyl (C=O) groups is 2. The fourth-order valence-electron chi connectivity index (χ4n) is 2.66. The number of carbonyl (C=O) groups excluding carboxylic acids is 1. The van der Waals surface area contributed by atoms with Gasteiger partial charge in [0.25, 0.3) is 5.91 Å². The summed E-state index contributed by atoms with van der Waals surface area (Å²) in [6.07, 6.45) is 0.548. The van der Waals surface area contributed by atoms with Crippen LogP contribution < -0.4 is 0 Å². The van der Waals surface area contributed by atoms with Crippen molar-refractivity contribution in [2.75, 3.05) is 26.2 Å². The zero-order valence-electron chi connectivity index (χ0n) is 12.3. The predicted octanol–water partition coefficient (Wildman–Crippen LogP) is 2.61. The fraction of sp³-hybridized carbons (Fsp3) is 0.467. The van der Waals surface area contributed by atoms with Crippen molar-refractivity contribution in [2.45, 2.75) is 19.4 Å². The van der Waals surface area contributed by atoms with Crippen LogP contribution in [0.5, 0.6) is 0 Å². The molecule has 1 unspecified atom stereocenters. The molecule has 1 amide bonds. The van der Waals surface area contributed by atoms with Crippen molar-refractivity contribution in [3.8, 4) is 0 Å². The van der Waals surface area contributed by atoms with Crippen LogP contribution in [0, 0.1) is 0 Å². The van der Waals surface area contributed by atoms with E-state index in [4.69, 9.17) is 23.2 Å². The van der Waals surface area contributed by atoms with Gasteiger partial charge >= 0.3 is 5.97 Å². The Morgan fingerprint density at radius 2 is 1.86 bits per heavy atom. The van der Waals surface area contributed by atoms with Gasteiger partial charge in [0.05, 0.1) is 10.6 Å². The highest BCUT2D eigenvalue weighted by Gasteiger charge is 2.29. The van der Waals surface area contributed by atoms with Gasteiger partial charge < -0.3 is 10.0 Å². The first kappa shape index (κ1) is 17.1. The summed E-state index contributed by atoms with van der Waals surface area (Å²) in [4.78, 5) is 27.3. The van der Waals surface area contributed by atoms with Gasteiger partial charge in [-0.25, -0.2) is 0 Å². The molecule has 1 atom stereocenters. The third-order valence-corrected chi connectivity index (χ3v) is 4.42. The van der Waals surface area contributed by atoms with Gasteiger partial charge in [0.2, 0.25) is 0 Å². The van der Waals surface area contributed by atoms with Gasteiger partial charge in [-0.3, -0.25) is 14.5 Å². The van der Waals surface area contributed by atoms with Crippen LogP contribution in [-0.4, -0.2) is 59.0 Å².